The van der Waals surface area contributed by atoms with E-state index in [-0.39, 0.29) is 27.2 Å². The predicted molar refractivity (Wildman–Crippen MR) is 89.4 cm³/mol. The molecule has 2 aromatic carbocycles. The summed E-state index contributed by atoms with van der Waals surface area (Å²) in [6, 6.07) is 8.65. The average Bonchev–Trinajstić information content (AvgIpc) is 2.48. The van der Waals surface area contributed by atoms with E-state index in [0.29, 0.717) is 0 Å². The highest BCUT2D eigenvalue weighted by atomic mass is 35.5. The molecule has 0 unspecified atom stereocenters. The highest BCUT2D eigenvalue weighted by molar-refractivity contribution is 7.80. The van der Waals surface area contributed by atoms with E-state index < -0.39 is 16.7 Å². The molecule has 0 amide bonds. The van der Waals surface area contributed by atoms with Crippen LogP contribution in [0.4, 0.5) is 30.2 Å². The lowest BCUT2D eigenvalue weighted by Crippen LogP contribution is -2.21. The van der Waals surface area contributed by atoms with E-state index in [1.165, 1.54) is 30.3 Å². The molecule has 126 valence electrons. The van der Waals surface area contributed by atoms with E-state index in [9.17, 15) is 23.3 Å². The Balaban J connectivity index is 2.18. The normalized spacial score (nSPS) is 11.0. The molecular weight excluding hydrogens is 367 g/mol. The molecule has 10 heteroatoms. The topological polar surface area (TPSA) is 67.2 Å². The Morgan fingerprint density at radius 1 is 1.17 bits per heavy atom. The second-order valence-electron chi connectivity index (χ2n) is 4.55. The summed E-state index contributed by atoms with van der Waals surface area (Å²) in [5.74, 6) is 0. The fourth-order valence-electron chi connectivity index (χ4n) is 1.85. The van der Waals surface area contributed by atoms with Gasteiger partial charge in [-0.2, -0.15) is 13.2 Å². The van der Waals surface area contributed by atoms with Crippen molar-refractivity contribution in [2.45, 2.75) is 6.18 Å². The van der Waals surface area contributed by atoms with Gasteiger partial charge in [0.2, 0.25) is 0 Å². The van der Waals surface area contributed by atoms with Gasteiger partial charge in [-0.25, -0.2) is 0 Å². The molecule has 0 saturated carbocycles. The number of alkyl halides is 3. The van der Waals surface area contributed by atoms with Crippen LogP contribution in [0, 0.1) is 10.1 Å². The summed E-state index contributed by atoms with van der Waals surface area (Å²) in [5.41, 5.74) is -1.24. The number of thiocarbonyl (C=S) groups is 1. The van der Waals surface area contributed by atoms with Gasteiger partial charge in [0.1, 0.15) is 5.02 Å². The Morgan fingerprint density at radius 3 is 2.46 bits per heavy atom. The highest BCUT2D eigenvalue weighted by Gasteiger charge is 2.33. The second-order valence-corrected chi connectivity index (χ2v) is 5.36. The molecule has 5 nitrogen and oxygen atoms in total. The summed E-state index contributed by atoms with van der Waals surface area (Å²) in [6.45, 7) is 0. The minimum atomic E-state index is -4.54. The van der Waals surface area contributed by atoms with Gasteiger partial charge in [-0.05, 0) is 36.5 Å². The van der Waals surface area contributed by atoms with E-state index in [0.717, 1.165) is 12.1 Å². The van der Waals surface area contributed by atoms with Crippen molar-refractivity contribution in [2.24, 2.45) is 0 Å². The maximum absolute atomic E-state index is 12.9. The second kappa shape index (κ2) is 7.02. The van der Waals surface area contributed by atoms with Crippen molar-refractivity contribution in [1.29, 1.82) is 0 Å². The third kappa shape index (κ3) is 4.33. The van der Waals surface area contributed by atoms with Crippen LogP contribution in [-0.2, 0) is 6.18 Å². The van der Waals surface area contributed by atoms with Gasteiger partial charge in [0, 0.05) is 11.8 Å². The molecule has 0 radical (unpaired) electrons. The van der Waals surface area contributed by atoms with Crippen molar-refractivity contribution >= 4 is 46.0 Å². The minimum absolute atomic E-state index is 0.0631. The zero-order valence-electron chi connectivity index (χ0n) is 11.7. The van der Waals surface area contributed by atoms with Crippen molar-refractivity contribution in [3.05, 3.63) is 63.2 Å². The van der Waals surface area contributed by atoms with Gasteiger partial charge >= 0.3 is 6.18 Å². The highest BCUT2D eigenvalue weighted by Crippen LogP contribution is 2.34. The van der Waals surface area contributed by atoms with Crippen LogP contribution < -0.4 is 10.6 Å². The zero-order chi connectivity index (χ0) is 17.9. The van der Waals surface area contributed by atoms with E-state index in [1.807, 2.05) is 0 Å². The molecule has 24 heavy (non-hydrogen) atoms. The molecule has 0 aliphatic rings. The number of hydrogen-bond donors (Lipinski definition) is 2. The number of nitrogens with one attached hydrogen (secondary N) is 2. The Labute approximate surface area is 144 Å². The maximum atomic E-state index is 12.9. The third-order valence-corrected chi connectivity index (χ3v) is 3.41. The van der Waals surface area contributed by atoms with Gasteiger partial charge < -0.3 is 10.6 Å². The quantitative estimate of drug-likeness (QED) is 0.445. The number of para-hydroxylation sites is 1. The van der Waals surface area contributed by atoms with E-state index in [2.05, 4.69) is 10.6 Å². The number of halogens is 4. The van der Waals surface area contributed by atoms with Crippen LogP contribution in [0.2, 0.25) is 5.02 Å². The van der Waals surface area contributed by atoms with Gasteiger partial charge in [-0.3, -0.25) is 10.1 Å². The molecule has 0 heterocycles. The lowest BCUT2D eigenvalue weighted by Gasteiger charge is -2.15. The maximum Gasteiger partial charge on any atom is 0.418 e. The monoisotopic (exact) mass is 375 g/mol. The van der Waals surface area contributed by atoms with Gasteiger partial charge in [0.05, 0.1) is 16.2 Å². The largest absolute Gasteiger partial charge is 0.418 e. The fraction of sp³-hybridized carbons (Fsp3) is 0.0714. The molecule has 2 N–H and O–H groups in total. The van der Waals surface area contributed by atoms with Gasteiger partial charge in [-0.15, -0.1) is 0 Å². The Kier molecular flexibility index (Phi) is 5.25. The first kappa shape index (κ1) is 18.0. The van der Waals surface area contributed by atoms with Crippen molar-refractivity contribution in [2.75, 3.05) is 10.6 Å². The molecule has 0 aliphatic carbocycles. The van der Waals surface area contributed by atoms with Crippen LogP contribution >= 0.6 is 23.8 Å². The van der Waals surface area contributed by atoms with Crippen LogP contribution in [0.15, 0.2) is 42.5 Å². The van der Waals surface area contributed by atoms with Crippen LogP contribution in [0.5, 0.6) is 0 Å². The van der Waals surface area contributed by atoms with E-state index in [1.54, 1.807) is 0 Å². The van der Waals surface area contributed by atoms with Gasteiger partial charge in [-0.1, -0.05) is 23.7 Å². The Hall–Kier alpha value is -2.39. The number of hydrogen-bond acceptors (Lipinski definition) is 3. The standard InChI is InChI=1S/C14H9ClF3N3O2S/c15-10-6-5-8(7-12(10)21(22)23)19-13(24)20-11-4-2-1-3-9(11)14(16,17)18/h1-7H,(H2,19,20,24). The minimum Gasteiger partial charge on any atom is -0.332 e. The number of nitro groups is 1. The van der Waals surface area contributed by atoms with E-state index >= 15 is 0 Å². The summed E-state index contributed by atoms with van der Waals surface area (Å²) in [6.07, 6.45) is -4.54. The molecule has 0 bridgehead atoms. The lowest BCUT2D eigenvalue weighted by molar-refractivity contribution is -0.384. The predicted octanol–water partition coefficient (Wildman–Crippen LogP) is 5.08. The number of anilines is 2. The SMILES string of the molecule is O=[N+]([O-])c1cc(NC(=S)Nc2ccccc2C(F)(F)F)ccc1Cl. The van der Waals surface area contributed by atoms with Crippen molar-refractivity contribution in [3.63, 3.8) is 0 Å². The fourth-order valence-corrected chi connectivity index (χ4v) is 2.27. The first-order valence-electron chi connectivity index (χ1n) is 6.36. The molecule has 2 rings (SSSR count). The van der Waals surface area contributed by atoms with Crippen LogP contribution in [0.25, 0.3) is 0 Å². The summed E-state index contributed by atoms with van der Waals surface area (Å²) >= 11 is 10.6. The summed E-state index contributed by atoms with van der Waals surface area (Å²) in [7, 11) is 0. The first-order chi connectivity index (χ1) is 11.2. The molecule has 2 aromatic rings. The smallest absolute Gasteiger partial charge is 0.332 e. The lowest BCUT2D eigenvalue weighted by atomic mass is 10.1. The molecule has 0 atom stereocenters. The number of nitrogens with zero attached hydrogens (tertiary/aromatic N) is 1. The van der Waals surface area contributed by atoms with Crippen molar-refractivity contribution in [1.82, 2.24) is 0 Å². The number of rotatable bonds is 3. The average molecular weight is 376 g/mol. The Bertz CT molecular complexity index is 799. The molecule has 0 aliphatic heterocycles. The summed E-state index contributed by atoms with van der Waals surface area (Å²) in [5, 5.41) is 15.6. The first-order valence-corrected chi connectivity index (χ1v) is 7.15. The molecule has 0 saturated heterocycles. The Morgan fingerprint density at radius 2 is 1.83 bits per heavy atom. The van der Waals surface area contributed by atoms with Crippen molar-refractivity contribution in [3.8, 4) is 0 Å². The van der Waals surface area contributed by atoms with Gasteiger partial charge in [0.25, 0.3) is 5.69 Å². The zero-order valence-corrected chi connectivity index (χ0v) is 13.3. The van der Waals surface area contributed by atoms with E-state index in [4.69, 9.17) is 23.8 Å². The molecular formula is C14H9ClF3N3O2S. The molecule has 0 fully saturated rings. The van der Waals surface area contributed by atoms with Crippen LogP contribution in [0.1, 0.15) is 5.56 Å². The van der Waals surface area contributed by atoms with Crippen LogP contribution in [-0.4, -0.2) is 10.0 Å². The summed E-state index contributed by atoms with van der Waals surface area (Å²) < 4.78 is 38.8. The number of nitro benzene ring substituents is 1. The van der Waals surface area contributed by atoms with Crippen LogP contribution in [0.3, 0.4) is 0 Å². The third-order valence-electron chi connectivity index (χ3n) is 2.88. The molecule has 0 aromatic heterocycles. The summed E-state index contributed by atoms with van der Waals surface area (Å²) in [4.78, 5) is 10.1. The van der Waals surface area contributed by atoms with Crippen molar-refractivity contribution < 1.29 is 18.1 Å². The van der Waals surface area contributed by atoms with Gasteiger partial charge in [0.15, 0.2) is 5.11 Å². The molecule has 0 spiro atoms. The number of benzene rings is 2.